The molecule has 0 N–H and O–H groups in total. The highest BCUT2D eigenvalue weighted by atomic mass is 28.3. The summed E-state index contributed by atoms with van der Waals surface area (Å²) in [5.41, 5.74) is -0.0553. The predicted octanol–water partition coefficient (Wildman–Crippen LogP) is 1.74. The summed E-state index contributed by atoms with van der Waals surface area (Å²) in [5.74, 6) is 0.959. The molecule has 11 heavy (non-hydrogen) atoms. The Morgan fingerprint density at radius 3 is 2.27 bits per heavy atom. The Labute approximate surface area is 71.7 Å². The van der Waals surface area contributed by atoms with Crippen molar-refractivity contribution in [3.63, 3.8) is 0 Å². The van der Waals surface area contributed by atoms with E-state index in [0.717, 1.165) is 5.76 Å². The molecule has 0 bridgehead atoms. The molecule has 0 unspecified atom stereocenters. The topological polar surface area (TPSA) is 18.5 Å². The molecule has 0 aromatic heterocycles. The molecule has 0 aromatic carbocycles. The van der Waals surface area contributed by atoms with E-state index in [-0.39, 0.29) is 5.60 Å². The van der Waals surface area contributed by atoms with Crippen LogP contribution in [-0.2, 0) is 8.85 Å². The van der Waals surface area contributed by atoms with Crippen LogP contribution in [-0.4, -0.2) is 15.6 Å². The molecular weight excluding hydrogens is 156 g/mol. The van der Waals surface area contributed by atoms with Gasteiger partial charge in [0.25, 0.3) is 0 Å². The maximum Gasteiger partial charge on any atom is 0.366 e. The minimum Gasteiger partial charge on any atom is -0.529 e. The highest BCUT2D eigenvalue weighted by molar-refractivity contribution is 6.18. The van der Waals surface area contributed by atoms with Gasteiger partial charge in [-0.1, -0.05) is 6.08 Å². The van der Waals surface area contributed by atoms with Crippen LogP contribution in [0.4, 0.5) is 0 Å². The number of allylic oxidation sites excluding steroid dienone is 2. The smallest absolute Gasteiger partial charge is 0.366 e. The van der Waals surface area contributed by atoms with Crippen LogP contribution in [0.1, 0.15) is 34.6 Å². The Hall–Kier alpha value is -0.283. The summed E-state index contributed by atoms with van der Waals surface area (Å²) >= 11 is 0. The second-order valence-electron chi connectivity index (χ2n) is 3.42. The fourth-order valence-electron chi connectivity index (χ4n) is 0.383. The van der Waals surface area contributed by atoms with E-state index < -0.39 is 10.0 Å². The maximum atomic E-state index is 5.48. The molecule has 0 aromatic rings. The first kappa shape index (κ1) is 10.7. The number of hydrogen-bond donors (Lipinski definition) is 0. The van der Waals surface area contributed by atoms with Crippen molar-refractivity contribution >= 4 is 10.0 Å². The third kappa shape index (κ3) is 7.62. The summed E-state index contributed by atoms with van der Waals surface area (Å²) < 4.78 is 10.8. The molecular formula is C8H18O2Si. The van der Waals surface area contributed by atoms with Gasteiger partial charge in [0.2, 0.25) is 0 Å². The molecule has 0 heterocycles. The lowest BCUT2D eigenvalue weighted by atomic mass is 10.2. The van der Waals surface area contributed by atoms with E-state index in [1.54, 1.807) is 0 Å². The van der Waals surface area contributed by atoms with Crippen molar-refractivity contribution < 1.29 is 8.85 Å². The predicted molar refractivity (Wildman–Crippen MR) is 49.9 cm³/mol. The van der Waals surface area contributed by atoms with Gasteiger partial charge < -0.3 is 8.85 Å². The molecule has 0 saturated heterocycles. The van der Waals surface area contributed by atoms with Crippen molar-refractivity contribution in [2.75, 3.05) is 0 Å². The molecule has 0 aliphatic heterocycles. The summed E-state index contributed by atoms with van der Waals surface area (Å²) in [4.78, 5) is 0. The third-order valence-electron chi connectivity index (χ3n) is 1.19. The van der Waals surface area contributed by atoms with Gasteiger partial charge in [-0.05, 0) is 34.6 Å². The van der Waals surface area contributed by atoms with Crippen LogP contribution in [0, 0.1) is 0 Å². The molecule has 0 aliphatic carbocycles. The Morgan fingerprint density at radius 2 is 1.91 bits per heavy atom. The molecule has 0 aliphatic rings. The molecule has 66 valence electrons. The fourth-order valence-corrected chi connectivity index (χ4v) is 1.15. The summed E-state index contributed by atoms with van der Waals surface area (Å²) in [5, 5.41) is 0. The molecule has 0 rings (SSSR count). The number of hydrogen-bond acceptors (Lipinski definition) is 2. The Bertz CT molecular complexity index is 136. The van der Waals surface area contributed by atoms with Crippen molar-refractivity contribution in [2.45, 2.75) is 40.2 Å². The molecule has 0 spiro atoms. The van der Waals surface area contributed by atoms with Crippen molar-refractivity contribution in [3.8, 4) is 0 Å². The second-order valence-corrected chi connectivity index (χ2v) is 4.23. The zero-order chi connectivity index (χ0) is 8.91. The molecule has 0 saturated carbocycles. The molecule has 2 nitrogen and oxygen atoms in total. The molecule has 0 radical (unpaired) electrons. The average Bonchev–Trinajstić information content (AvgIpc) is 1.85. The monoisotopic (exact) mass is 174 g/mol. The van der Waals surface area contributed by atoms with Gasteiger partial charge >= 0.3 is 10.0 Å². The second kappa shape index (κ2) is 4.57. The molecule has 0 amide bonds. The van der Waals surface area contributed by atoms with E-state index in [1.165, 1.54) is 0 Å². The van der Waals surface area contributed by atoms with Gasteiger partial charge in [-0.15, -0.1) is 0 Å². The zero-order valence-corrected chi connectivity index (χ0v) is 9.52. The SMILES string of the molecule is CC=C(C)O[SiH2]OC(C)(C)C. The van der Waals surface area contributed by atoms with Gasteiger partial charge in [0.05, 0.1) is 11.4 Å². The van der Waals surface area contributed by atoms with Crippen LogP contribution in [0.15, 0.2) is 11.8 Å². The first-order valence-corrected chi connectivity index (χ1v) is 5.01. The van der Waals surface area contributed by atoms with Crippen LogP contribution in [0.25, 0.3) is 0 Å². The van der Waals surface area contributed by atoms with Crippen molar-refractivity contribution in [2.24, 2.45) is 0 Å². The van der Waals surface area contributed by atoms with E-state index in [9.17, 15) is 0 Å². The van der Waals surface area contributed by atoms with Crippen LogP contribution in [0.2, 0.25) is 0 Å². The Balaban J connectivity index is 3.43. The zero-order valence-electron chi connectivity index (χ0n) is 8.10. The van der Waals surface area contributed by atoms with Crippen LogP contribution < -0.4 is 0 Å². The van der Waals surface area contributed by atoms with Gasteiger partial charge in [0, 0.05) is 0 Å². The normalized spacial score (nSPS) is 14.5. The third-order valence-corrected chi connectivity index (χ3v) is 2.74. The van der Waals surface area contributed by atoms with Gasteiger partial charge in [0.1, 0.15) is 0 Å². The van der Waals surface area contributed by atoms with E-state index in [2.05, 4.69) is 0 Å². The van der Waals surface area contributed by atoms with E-state index >= 15 is 0 Å². The average molecular weight is 174 g/mol. The Kier molecular flexibility index (Phi) is 4.45. The highest BCUT2D eigenvalue weighted by Gasteiger charge is 2.09. The largest absolute Gasteiger partial charge is 0.529 e. The minimum atomic E-state index is -0.820. The minimum absolute atomic E-state index is 0.0553. The first-order valence-electron chi connectivity index (χ1n) is 3.85. The lowest BCUT2D eigenvalue weighted by Crippen LogP contribution is -2.22. The lowest BCUT2D eigenvalue weighted by molar-refractivity contribution is 0.109. The molecule has 0 atom stereocenters. The summed E-state index contributed by atoms with van der Waals surface area (Å²) in [6.45, 7) is 10.0. The van der Waals surface area contributed by atoms with Gasteiger partial charge in [-0.25, -0.2) is 0 Å². The van der Waals surface area contributed by atoms with Crippen LogP contribution in [0.5, 0.6) is 0 Å². The summed E-state index contributed by atoms with van der Waals surface area (Å²) in [7, 11) is -0.820. The Morgan fingerprint density at radius 1 is 1.36 bits per heavy atom. The first-order chi connectivity index (χ1) is 4.95. The fraction of sp³-hybridized carbons (Fsp3) is 0.750. The summed E-state index contributed by atoms with van der Waals surface area (Å²) in [6.07, 6.45) is 1.94. The number of rotatable bonds is 3. The van der Waals surface area contributed by atoms with Gasteiger partial charge in [-0.2, -0.15) is 0 Å². The quantitative estimate of drug-likeness (QED) is 0.479. The van der Waals surface area contributed by atoms with E-state index in [0.29, 0.717) is 0 Å². The summed E-state index contributed by atoms with van der Waals surface area (Å²) in [6, 6.07) is 0. The van der Waals surface area contributed by atoms with Crippen molar-refractivity contribution in [1.82, 2.24) is 0 Å². The van der Waals surface area contributed by atoms with Crippen LogP contribution in [0.3, 0.4) is 0 Å². The lowest BCUT2D eigenvalue weighted by Gasteiger charge is -2.19. The van der Waals surface area contributed by atoms with Crippen LogP contribution >= 0.6 is 0 Å². The standard InChI is InChI=1S/C8H18O2Si/c1-6-7(2)9-11-10-8(3,4)5/h6H,11H2,1-5H3. The molecule has 0 fully saturated rings. The van der Waals surface area contributed by atoms with Gasteiger partial charge in [-0.3, -0.25) is 0 Å². The highest BCUT2D eigenvalue weighted by Crippen LogP contribution is 2.06. The maximum absolute atomic E-state index is 5.48. The van der Waals surface area contributed by atoms with E-state index in [1.807, 2.05) is 40.7 Å². The van der Waals surface area contributed by atoms with E-state index in [4.69, 9.17) is 8.85 Å². The molecule has 3 heteroatoms. The van der Waals surface area contributed by atoms with Crippen molar-refractivity contribution in [1.29, 1.82) is 0 Å². The van der Waals surface area contributed by atoms with Crippen molar-refractivity contribution in [3.05, 3.63) is 11.8 Å². The van der Waals surface area contributed by atoms with Gasteiger partial charge in [0.15, 0.2) is 0 Å².